The van der Waals surface area contributed by atoms with E-state index in [4.69, 9.17) is 0 Å². The highest BCUT2D eigenvalue weighted by molar-refractivity contribution is 7.91. The van der Waals surface area contributed by atoms with Gasteiger partial charge in [-0.25, -0.2) is 8.42 Å². The maximum atomic E-state index is 12.6. The molecule has 22 heavy (non-hydrogen) atoms. The molecule has 1 saturated carbocycles. The van der Waals surface area contributed by atoms with Gasteiger partial charge in [-0.15, -0.1) is 11.3 Å². The number of nitrogens with one attached hydrogen (secondary N) is 1. The average molecular weight is 342 g/mol. The Balaban J connectivity index is 1.65. The molecule has 0 spiro atoms. The van der Waals surface area contributed by atoms with Gasteiger partial charge in [-0.05, 0) is 37.1 Å². The Morgan fingerprint density at radius 3 is 2.68 bits per heavy atom. The van der Waals surface area contributed by atoms with E-state index in [2.05, 4.69) is 5.32 Å². The predicted molar refractivity (Wildman–Crippen MR) is 86.2 cm³/mol. The van der Waals surface area contributed by atoms with Crippen LogP contribution in [0.2, 0.25) is 0 Å². The molecule has 1 amide bonds. The fourth-order valence-corrected chi connectivity index (χ4v) is 5.97. The Morgan fingerprint density at radius 1 is 1.23 bits per heavy atom. The molecule has 0 bridgehead atoms. The van der Waals surface area contributed by atoms with Gasteiger partial charge in [0.05, 0.1) is 5.92 Å². The Morgan fingerprint density at radius 2 is 2.00 bits per heavy atom. The molecule has 1 aliphatic carbocycles. The highest BCUT2D eigenvalue weighted by Crippen LogP contribution is 2.27. The van der Waals surface area contributed by atoms with Crippen molar-refractivity contribution < 1.29 is 13.2 Å². The molecule has 1 aromatic heterocycles. The van der Waals surface area contributed by atoms with Crippen LogP contribution in [0.15, 0.2) is 21.7 Å². The number of hydrogen-bond acceptors (Lipinski definition) is 4. The zero-order valence-electron chi connectivity index (χ0n) is 12.5. The van der Waals surface area contributed by atoms with Crippen molar-refractivity contribution in [3.05, 3.63) is 17.5 Å². The van der Waals surface area contributed by atoms with Gasteiger partial charge in [-0.1, -0.05) is 18.9 Å². The van der Waals surface area contributed by atoms with E-state index in [1.54, 1.807) is 17.5 Å². The van der Waals surface area contributed by atoms with Crippen molar-refractivity contribution in [3.8, 4) is 0 Å². The molecular weight excluding hydrogens is 320 g/mol. The van der Waals surface area contributed by atoms with Crippen LogP contribution in [0.3, 0.4) is 0 Å². The van der Waals surface area contributed by atoms with Gasteiger partial charge < -0.3 is 5.32 Å². The molecule has 3 rings (SSSR count). The largest absolute Gasteiger partial charge is 0.353 e. The lowest BCUT2D eigenvalue weighted by Crippen LogP contribution is -2.47. The second kappa shape index (κ2) is 6.68. The van der Waals surface area contributed by atoms with Crippen LogP contribution in [0, 0.1) is 5.92 Å². The van der Waals surface area contributed by atoms with Gasteiger partial charge in [0.2, 0.25) is 5.91 Å². The van der Waals surface area contributed by atoms with Crippen molar-refractivity contribution in [2.45, 2.75) is 48.8 Å². The Hall–Kier alpha value is -0.920. The van der Waals surface area contributed by atoms with E-state index in [1.807, 2.05) is 0 Å². The van der Waals surface area contributed by atoms with Crippen molar-refractivity contribution >= 4 is 27.3 Å². The highest BCUT2D eigenvalue weighted by atomic mass is 32.2. The minimum Gasteiger partial charge on any atom is -0.353 e. The smallest absolute Gasteiger partial charge is 0.252 e. The van der Waals surface area contributed by atoms with Crippen molar-refractivity contribution in [1.29, 1.82) is 0 Å². The first-order valence-corrected chi connectivity index (χ1v) is 10.2. The van der Waals surface area contributed by atoms with Crippen molar-refractivity contribution in [1.82, 2.24) is 9.62 Å². The van der Waals surface area contributed by atoms with Gasteiger partial charge >= 0.3 is 0 Å². The number of sulfonamides is 1. The summed E-state index contributed by atoms with van der Waals surface area (Å²) in [6.45, 7) is 0.812. The fraction of sp³-hybridized carbons (Fsp3) is 0.667. The quantitative estimate of drug-likeness (QED) is 0.912. The molecule has 1 aliphatic heterocycles. The number of thiophene rings is 1. The molecule has 122 valence electrons. The van der Waals surface area contributed by atoms with Crippen LogP contribution in [0.25, 0.3) is 0 Å². The third-order valence-electron chi connectivity index (χ3n) is 4.55. The van der Waals surface area contributed by atoms with Crippen LogP contribution in [0.5, 0.6) is 0 Å². The predicted octanol–water partition coefficient (Wildman–Crippen LogP) is 2.21. The summed E-state index contributed by atoms with van der Waals surface area (Å²) >= 11 is 1.23. The van der Waals surface area contributed by atoms with Crippen LogP contribution in [0.1, 0.15) is 38.5 Å². The minimum absolute atomic E-state index is 0.0259. The molecule has 5 nitrogen and oxygen atoms in total. The number of carbonyl (C=O) groups excluding carboxylic acids is 1. The first-order chi connectivity index (χ1) is 10.6. The number of hydrogen-bond donors (Lipinski definition) is 1. The van der Waals surface area contributed by atoms with Gasteiger partial charge in [-0.2, -0.15) is 4.31 Å². The van der Waals surface area contributed by atoms with Crippen LogP contribution >= 0.6 is 11.3 Å². The van der Waals surface area contributed by atoms with E-state index < -0.39 is 10.0 Å². The van der Waals surface area contributed by atoms with Crippen molar-refractivity contribution in [3.63, 3.8) is 0 Å². The maximum absolute atomic E-state index is 12.6. The highest BCUT2D eigenvalue weighted by Gasteiger charge is 2.34. The second-order valence-corrected chi connectivity index (χ2v) is 9.24. The summed E-state index contributed by atoms with van der Waals surface area (Å²) in [5, 5.41) is 4.86. The Bertz CT molecular complexity index is 607. The number of amides is 1. The molecule has 1 N–H and O–H groups in total. The maximum Gasteiger partial charge on any atom is 0.252 e. The monoisotopic (exact) mass is 342 g/mol. The summed E-state index contributed by atoms with van der Waals surface area (Å²) in [5.41, 5.74) is 0. The van der Waals surface area contributed by atoms with Gasteiger partial charge in [-0.3, -0.25) is 4.79 Å². The molecule has 1 saturated heterocycles. The summed E-state index contributed by atoms with van der Waals surface area (Å²) in [7, 11) is -3.44. The molecule has 1 aromatic rings. The zero-order valence-corrected chi connectivity index (χ0v) is 14.2. The van der Waals surface area contributed by atoms with Crippen LogP contribution in [-0.4, -0.2) is 37.8 Å². The SMILES string of the molecule is O=C(NC1CCCC1)C1CCCN(S(=O)(=O)c2cccs2)C1. The summed E-state index contributed by atoms with van der Waals surface area (Å²) in [6.07, 6.45) is 5.97. The molecule has 0 aromatic carbocycles. The number of nitrogens with zero attached hydrogens (tertiary/aromatic N) is 1. The number of carbonyl (C=O) groups is 1. The minimum atomic E-state index is -3.44. The van der Waals surface area contributed by atoms with Crippen molar-refractivity contribution in [2.24, 2.45) is 5.92 Å². The molecule has 2 aliphatic rings. The zero-order chi connectivity index (χ0) is 15.6. The van der Waals surface area contributed by atoms with Gasteiger partial charge in [0.15, 0.2) is 0 Å². The van der Waals surface area contributed by atoms with E-state index in [0.29, 0.717) is 17.3 Å². The van der Waals surface area contributed by atoms with E-state index in [9.17, 15) is 13.2 Å². The van der Waals surface area contributed by atoms with Gasteiger partial charge in [0.25, 0.3) is 10.0 Å². The van der Waals surface area contributed by atoms with E-state index in [0.717, 1.165) is 25.7 Å². The van der Waals surface area contributed by atoms with E-state index >= 15 is 0 Å². The van der Waals surface area contributed by atoms with E-state index in [1.165, 1.54) is 28.5 Å². The molecule has 1 atom stereocenters. The lowest BCUT2D eigenvalue weighted by molar-refractivity contribution is -0.126. The lowest BCUT2D eigenvalue weighted by Gasteiger charge is -2.31. The third kappa shape index (κ3) is 3.36. The molecule has 2 fully saturated rings. The van der Waals surface area contributed by atoms with E-state index in [-0.39, 0.29) is 17.9 Å². The topological polar surface area (TPSA) is 66.5 Å². The summed E-state index contributed by atoms with van der Waals surface area (Å²) in [6, 6.07) is 3.66. The molecular formula is C15H22N2O3S2. The number of piperidine rings is 1. The molecule has 7 heteroatoms. The second-order valence-electron chi connectivity index (χ2n) is 6.12. The Labute approximate surface area is 135 Å². The molecule has 0 radical (unpaired) electrons. The number of rotatable bonds is 4. The van der Waals surface area contributed by atoms with Crippen molar-refractivity contribution in [2.75, 3.05) is 13.1 Å². The summed E-state index contributed by atoms with van der Waals surface area (Å²) in [5.74, 6) is -0.193. The van der Waals surface area contributed by atoms with Gasteiger partial charge in [0, 0.05) is 19.1 Å². The standard InChI is InChI=1S/C15H22N2O3S2/c18-15(16-13-6-1-2-7-13)12-5-3-9-17(11-12)22(19,20)14-8-4-10-21-14/h4,8,10,12-13H,1-3,5-7,9,11H2,(H,16,18). The first kappa shape index (κ1) is 16.0. The summed E-state index contributed by atoms with van der Waals surface area (Å²) in [4.78, 5) is 12.4. The lowest BCUT2D eigenvalue weighted by atomic mass is 9.98. The normalized spacial score (nSPS) is 24.5. The Kier molecular flexibility index (Phi) is 4.84. The third-order valence-corrected chi connectivity index (χ3v) is 7.78. The average Bonchev–Trinajstić information content (AvgIpc) is 3.21. The first-order valence-electron chi connectivity index (χ1n) is 7.91. The van der Waals surface area contributed by atoms with Crippen LogP contribution in [-0.2, 0) is 14.8 Å². The molecule has 2 heterocycles. The fourth-order valence-electron chi connectivity index (χ4n) is 3.30. The molecule has 1 unspecified atom stereocenters. The van der Waals surface area contributed by atoms with Crippen LogP contribution < -0.4 is 5.32 Å². The summed E-state index contributed by atoms with van der Waals surface area (Å²) < 4.78 is 27.0. The van der Waals surface area contributed by atoms with Crippen LogP contribution in [0.4, 0.5) is 0 Å². The van der Waals surface area contributed by atoms with Gasteiger partial charge in [0.1, 0.15) is 4.21 Å².